The Kier molecular flexibility index (Phi) is 4.37. The van der Waals surface area contributed by atoms with Crippen LogP contribution in [0, 0.1) is 6.92 Å². The number of carbonyl (C=O) groups excluding carboxylic acids is 2. The van der Waals surface area contributed by atoms with Gasteiger partial charge in [0.25, 0.3) is 5.24 Å². The van der Waals surface area contributed by atoms with E-state index in [1.165, 1.54) is 0 Å². The van der Waals surface area contributed by atoms with Crippen LogP contribution in [0.25, 0.3) is 0 Å². The Bertz CT molecular complexity index is 359. The number of hydrogen-bond donors (Lipinski definition) is 1. The largest absolute Gasteiger partial charge is 0.340 e. The molecular formula is C11H13NO2S. The number of Topliss-reactive ketones (excluding diaryl/α,β-unsaturated/α-hetero) is 1. The SMILES string of the molecule is CSC(=O)NCC(=O)c1ccc(C)cc1. The second-order valence-corrected chi connectivity index (χ2v) is 3.91. The third kappa shape index (κ3) is 3.75. The summed E-state index contributed by atoms with van der Waals surface area (Å²) >= 11 is 1.06. The molecule has 0 aliphatic carbocycles. The maximum absolute atomic E-state index is 11.6. The van der Waals surface area contributed by atoms with Crippen molar-refractivity contribution in [1.82, 2.24) is 5.32 Å². The van der Waals surface area contributed by atoms with Crippen LogP contribution in [-0.2, 0) is 0 Å². The van der Waals surface area contributed by atoms with E-state index >= 15 is 0 Å². The zero-order valence-electron chi connectivity index (χ0n) is 8.74. The van der Waals surface area contributed by atoms with Gasteiger partial charge in [-0.15, -0.1) is 0 Å². The first-order valence-corrected chi connectivity index (χ1v) is 5.77. The van der Waals surface area contributed by atoms with Gasteiger partial charge in [-0.05, 0) is 13.2 Å². The minimum absolute atomic E-state index is 0.0583. The van der Waals surface area contributed by atoms with Crippen LogP contribution in [0.3, 0.4) is 0 Å². The Morgan fingerprint density at radius 3 is 2.40 bits per heavy atom. The first-order valence-electron chi connectivity index (χ1n) is 4.55. The highest BCUT2D eigenvalue weighted by molar-refractivity contribution is 8.12. The second kappa shape index (κ2) is 5.56. The van der Waals surface area contributed by atoms with Crippen molar-refractivity contribution in [3.63, 3.8) is 0 Å². The van der Waals surface area contributed by atoms with Gasteiger partial charge in [0, 0.05) is 5.56 Å². The lowest BCUT2D eigenvalue weighted by Crippen LogP contribution is -2.26. The summed E-state index contributed by atoms with van der Waals surface area (Å²) < 4.78 is 0. The number of ketones is 1. The normalized spacial score (nSPS) is 9.73. The molecule has 0 unspecified atom stereocenters. The van der Waals surface area contributed by atoms with Gasteiger partial charge < -0.3 is 5.32 Å². The van der Waals surface area contributed by atoms with Gasteiger partial charge in [-0.2, -0.15) is 0 Å². The zero-order chi connectivity index (χ0) is 11.3. The van der Waals surface area contributed by atoms with Gasteiger partial charge in [-0.1, -0.05) is 41.6 Å². The summed E-state index contributed by atoms with van der Waals surface area (Å²) in [5, 5.41) is 2.33. The molecule has 0 aliphatic rings. The van der Waals surface area contributed by atoms with E-state index in [-0.39, 0.29) is 17.6 Å². The number of thioether (sulfide) groups is 1. The van der Waals surface area contributed by atoms with Crippen LogP contribution >= 0.6 is 11.8 Å². The number of nitrogens with one attached hydrogen (secondary N) is 1. The van der Waals surface area contributed by atoms with E-state index in [4.69, 9.17) is 0 Å². The van der Waals surface area contributed by atoms with E-state index in [0.29, 0.717) is 5.56 Å². The molecule has 0 atom stereocenters. The summed E-state index contributed by atoms with van der Waals surface area (Å²) in [5.41, 5.74) is 1.74. The molecule has 4 heteroatoms. The van der Waals surface area contributed by atoms with Gasteiger partial charge in [0.1, 0.15) is 0 Å². The molecule has 0 radical (unpaired) electrons. The third-order valence-electron chi connectivity index (χ3n) is 1.95. The minimum Gasteiger partial charge on any atom is -0.340 e. The summed E-state index contributed by atoms with van der Waals surface area (Å²) in [5.74, 6) is -0.0719. The average Bonchev–Trinajstić information content (AvgIpc) is 2.26. The Labute approximate surface area is 93.3 Å². The van der Waals surface area contributed by atoms with Crippen LogP contribution in [0.5, 0.6) is 0 Å². The highest BCUT2D eigenvalue weighted by Gasteiger charge is 2.06. The molecule has 1 aromatic rings. The van der Waals surface area contributed by atoms with Gasteiger partial charge in [0.05, 0.1) is 6.54 Å². The Balaban J connectivity index is 2.54. The van der Waals surface area contributed by atoms with Gasteiger partial charge in [0.2, 0.25) is 0 Å². The zero-order valence-corrected chi connectivity index (χ0v) is 9.56. The molecule has 0 bridgehead atoms. The average molecular weight is 223 g/mol. The topological polar surface area (TPSA) is 46.2 Å². The molecule has 0 spiro atoms. The van der Waals surface area contributed by atoms with Gasteiger partial charge in [0.15, 0.2) is 5.78 Å². The first-order chi connectivity index (χ1) is 7.13. The number of benzene rings is 1. The fraction of sp³-hybridized carbons (Fsp3) is 0.273. The lowest BCUT2D eigenvalue weighted by atomic mass is 10.1. The molecule has 1 aromatic carbocycles. The molecule has 0 heterocycles. The van der Waals surface area contributed by atoms with Crippen LogP contribution in [0.2, 0.25) is 0 Å². The van der Waals surface area contributed by atoms with Crippen LogP contribution in [0.1, 0.15) is 15.9 Å². The van der Waals surface area contributed by atoms with Crippen molar-refractivity contribution in [1.29, 1.82) is 0 Å². The quantitative estimate of drug-likeness (QED) is 0.799. The van der Waals surface area contributed by atoms with Crippen LogP contribution in [0.15, 0.2) is 24.3 Å². The highest BCUT2D eigenvalue weighted by atomic mass is 32.2. The molecular weight excluding hydrogens is 210 g/mol. The number of aryl methyl sites for hydroxylation is 1. The van der Waals surface area contributed by atoms with Crippen molar-refractivity contribution >= 4 is 22.8 Å². The highest BCUT2D eigenvalue weighted by Crippen LogP contribution is 2.03. The van der Waals surface area contributed by atoms with Crippen molar-refractivity contribution in [2.45, 2.75) is 6.92 Å². The fourth-order valence-electron chi connectivity index (χ4n) is 1.07. The molecule has 80 valence electrons. The van der Waals surface area contributed by atoms with E-state index in [0.717, 1.165) is 17.3 Å². The Morgan fingerprint density at radius 2 is 1.87 bits per heavy atom. The molecule has 1 rings (SSSR count). The van der Waals surface area contributed by atoms with Crippen LogP contribution < -0.4 is 5.32 Å². The second-order valence-electron chi connectivity index (χ2n) is 3.13. The standard InChI is InChI=1S/C11H13NO2S/c1-8-3-5-9(6-4-8)10(13)7-12-11(14)15-2/h3-6H,7H2,1-2H3,(H,12,14). The molecule has 0 fully saturated rings. The van der Waals surface area contributed by atoms with Crippen molar-refractivity contribution in [2.24, 2.45) is 0 Å². The van der Waals surface area contributed by atoms with Gasteiger partial charge >= 0.3 is 0 Å². The molecule has 3 nitrogen and oxygen atoms in total. The summed E-state index contributed by atoms with van der Waals surface area (Å²) in [7, 11) is 0. The van der Waals surface area contributed by atoms with E-state index in [1.807, 2.05) is 19.1 Å². The van der Waals surface area contributed by atoms with Crippen molar-refractivity contribution in [2.75, 3.05) is 12.8 Å². The monoisotopic (exact) mass is 223 g/mol. The smallest absolute Gasteiger partial charge is 0.279 e. The lowest BCUT2D eigenvalue weighted by Gasteiger charge is -2.02. The van der Waals surface area contributed by atoms with E-state index in [9.17, 15) is 9.59 Å². The molecule has 1 N–H and O–H groups in total. The van der Waals surface area contributed by atoms with Crippen molar-refractivity contribution < 1.29 is 9.59 Å². The minimum atomic E-state index is -0.185. The number of amides is 1. The summed E-state index contributed by atoms with van der Waals surface area (Å²) in [6.07, 6.45) is 1.67. The molecule has 15 heavy (non-hydrogen) atoms. The molecule has 0 saturated carbocycles. The van der Waals surface area contributed by atoms with Gasteiger partial charge in [-0.25, -0.2) is 0 Å². The predicted octanol–water partition coefficient (Wildman–Crippen LogP) is 2.25. The third-order valence-corrected chi connectivity index (χ3v) is 2.47. The van der Waals surface area contributed by atoms with E-state index in [1.54, 1.807) is 18.4 Å². The Hall–Kier alpha value is -1.29. The number of carbonyl (C=O) groups is 2. The molecule has 0 aromatic heterocycles. The van der Waals surface area contributed by atoms with Gasteiger partial charge in [-0.3, -0.25) is 9.59 Å². The van der Waals surface area contributed by atoms with Crippen LogP contribution in [-0.4, -0.2) is 23.8 Å². The maximum atomic E-state index is 11.6. The Morgan fingerprint density at radius 1 is 1.27 bits per heavy atom. The summed E-state index contributed by atoms with van der Waals surface area (Å²) in [6.45, 7) is 2.02. The summed E-state index contributed by atoms with van der Waals surface area (Å²) in [4.78, 5) is 22.5. The maximum Gasteiger partial charge on any atom is 0.279 e. The van der Waals surface area contributed by atoms with Crippen molar-refractivity contribution in [3.8, 4) is 0 Å². The first kappa shape index (κ1) is 11.8. The lowest BCUT2D eigenvalue weighted by molar-refractivity contribution is 0.0994. The fourth-order valence-corrected chi connectivity index (χ4v) is 1.28. The van der Waals surface area contributed by atoms with Crippen molar-refractivity contribution in [3.05, 3.63) is 35.4 Å². The predicted molar refractivity (Wildman–Crippen MR) is 62.4 cm³/mol. The molecule has 0 saturated heterocycles. The number of hydrogen-bond acceptors (Lipinski definition) is 3. The summed E-state index contributed by atoms with van der Waals surface area (Å²) in [6, 6.07) is 7.29. The molecule has 1 amide bonds. The van der Waals surface area contributed by atoms with Crippen LogP contribution in [0.4, 0.5) is 4.79 Å². The van der Waals surface area contributed by atoms with E-state index < -0.39 is 0 Å². The van der Waals surface area contributed by atoms with E-state index in [2.05, 4.69) is 5.32 Å². The molecule has 0 aliphatic heterocycles. The number of rotatable bonds is 3.